The maximum atomic E-state index is 12.6. The molecule has 10 heteroatoms. The number of carboxylic acid groups (broad SMARTS) is 1. The van der Waals surface area contributed by atoms with Crippen LogP contribution in [-0.4, -0.2) is 47.5 Å². The lowest BCUT2D eigenvalue weighted by Crippen LogP contribution is -2.59. The Morgan fingerprint density at radius 3 is 1.88 bits per heavy atom. The number of benzene rings is 1. The van der Waals surface area contributed by atoms with Crippen LogP contribution in [0.5, 0.6) is 11.5 Å². The molecule has 2 N–H and O–H groups in total. The van der Waals surface area contributed by atoms with Gasteiger partial charge in [-0.2, -0.15) is 0 Å². The summed E-state index contributed by atoms with van der Waals surface area (Å²) in [5, 5.41) is 13.2. The highest BCUT2D eigenvalue weighted by Gasteiger charge is 2.45. The summed E-state index contributed by atoms with van der Waals surface area (Å²) >= 11 is 0. The quantitative estimate of drug-likeness (QED) is 0.131. The Morgan fingerprint density at radius 2 is 1.41 bits per heavy atom. The fourth-order valence-electron chi connectivity index (χ4n) is 3.52. The molecule has 10 nitrogen and oxygen atoms in total. The second-order valence-corrected chi connectivity index (χ2v) is 12.6. The summed E-state index contributed by atoms with van der Waals surface area (Å²) < 4.78 is 21.7. The van der Waals surface area contributed by atoms with Crippen molar-refractivity contribution in [2.75, 3.05) is 6.61 Å². The topological polar surface area (TPSA) is 137 Å². The third-order valence-electron chi connectivity index (χ3n) is 6.08. The standard InChI is InChI=1S/C31H49NO9/c1-10-22(6)32-31(28(35)36,41-29(37)38-19-30(7,8)9)18-23-13-14-24(39-26(33)15-11-20(2)3)25(17-23)40-27(34)16-12-21(4)5/h13-14,17,20-22,32H,10-12,15-16,18-19H2,1-9H3,(H,35,36)/t22?,31-/m0/s1. The van der Waals surface area contributed by atoms with Crippen LogP contribution in [0.3, 0.4) is 0 Å². The molecule has 0 amide bonds. The normalized spacial score (nSPS) is 13.8. The van der Waals surface area contributed by atoms with Crippen LogP contribution in [0.1, 0.15) is 100.0 Å². The van der Waals surface area contributed by atoms with Gasteiger partial charge in [-0.05, 0) is 61.1 Å². The van der Waals surface area contributed by atoms with Gasteiger partial charge < -0.3 is 24.1 Å². The number of carboxylic acids is 1. The van der Waals surface area contributed by atoms with Gasteiger partial charge in [0.15, 0.2) is 11.5 Å². The lowest BCUT2D eigenvalue weighted by Gasteiger charge is -2.33. The van der Waals surface area contributed by atoms with Gasteiger partial charge >= 0.3 is 24.1 Å². The van der Waals surface area contributed by atoms with Crippen LogP contribution in [0.15, 0.2) is 18.2 Å². The van der Waals surface area contributed by atoms with Crippen LogP contribution in [0.2, 0.25) is 0 Å². The van der Waals surface area contributed by atoms with Crippen molar-refractivity contribution in [1.29, 1.82) is 0 Å². The fourth-order valence-corrected chi connectivity index (χ4v) is 3.52. The van der Waals surface area contributed by atoms with E-state index in [9.17, 15) is 24.3 Å². The molecular weight excluding hydrogens is 530 g/mol. The predicted octanol–water partition coefficient (Wildman–Crippen LogP) is 6.28. The third-order valence-corrected chi connectivity index (χ3v) is 6.08. The van der Waals surface area contributed by atoms with E-state index in [0.29, 0.717) is 30.7 Å². The molecule has 232 valence electrons. The fraction of sp³-hybridized carbons (Fsp3) is 0.677. The molecule has 0 saturated heterocycles. The van der Waals surface area contributed by atoms with Crippen molar-refractivity contribution >= 4 is 24.1 Å². The molecule has 0 spiro atoms. The van der Waals surface area contributed by atoms with E-state index >= 15 is 0 Å². The molecule has 1 unspecified atom stereocenters. The molecule has 0 aromatic heterocycles. The molecule has 1 rings (SSSR count). The summed E-state index contributed by atoms with van der Waals surface area (Å²) in [6.45, 7) is 17.2. The Balaban J connectivity index is 3.41. The van der Waals surface area contributed by atoms with Gasteiger partial charge in [-0.15, -0.1) is 0 Å². The number of esters is 2. The van der Waals surface area contributed by atoms with Crippen LogP contribution < -0.4 is 14.8 Å². The van der Waals surface area contributed by atoms with Crippen LogP contribution in [0.4, 0.5) is 4.79 Å². The van der Waals surface area contributed by atoms with Crippen molar-refractivity contribution in [2.24, 2.45) is 17.3 Å². The lowest BCUT2D eigenvalue weighted by atomic mass is 9.99. The Kier molecular flexibility index (Phi) is 14.3. The van der Waals surface area contributed by atoms with E-state index < -0.39 is 29.8 Å². The number of rotatable bonds is 16. The Bertz CT molecular complexity index is 1030. The Morgan fingerprint density at radius 1 is 0.878 bits per heavy atom. The lowest BCUT2D eigenvalue weighted by molar-refractivity contribution is -0.167. The van der Waals surface area contributed by atoms with Crippen molar-refractivity contribution in [3.05, 3.63) is 23.8 Å². The van der Waals surface area contributed by atoms with Crippen LogP contribution in [0, 0.1) is 17.3 Å². The molecule has 0 aliphatic carbocycles. The van der Waals surface area contributed by atoms with E-state index in [1.165, 1.54) is 18.2 Å². The van der Waals surface area contributed by atoms with Gasteiger partial charge in [0.25, 0.3) is 5.72 Å². The molecule has 0 bridgehead atoms. The van der Waals surface area contributed by atoms with E-state index in [4.69, 9.17) is 18.9 Å². The summed E-state index contributed by atoms with van der Waals surface area (Å²) in [5.41, 5.74) is -2.18. The number of nitrogens with one attached hydrogen (secondary N) is 1. The van der Waals surface area contributed by atoms with Gasteiger partial charge in [0, 0.05) is 25.3 Å². The second kappa shape index (κ2) is 16.3. The second-order valence-electron chi connectivity index (χ2n) is 12.6. The Labute approximate surface area is 244 Å². The van der Waals surface area contributed by atoms with Crippen molar-refractivity contribution in [3.8, 4) is 11.5 Å². The first kappa shape index (κ1) is 35.9. The smallest absolute Gasteiger partial charge is 0.477 e. The molecule has 0 aliphatic rings. The summed E-state index contributed by atoms with van der Waals surface area (Å²) in [6, 6.07) is 4.08. The zero-order chi connectivity index (χ0) is 31.4. The first-order valence-electron chi connectivity index (χ1n) is 14.4. The summed E-state index contributed by atoms with van der Waals surface area (Å²) in [5.74, 6) is -1.82. The minimum atomic E-state index is -2.18. The van der Waals surface area contributed by atoms with Crippen LogP contribution >= 0.6 is 0 Å². The minimum absolute atomic E-state index is 0.0210. The molecule has 41 heavy (non-hydrogen) atoms. The predicted molar refractivity (Wildman–Crippen MR) is 155 cm³/mol. The molecule has 1 aromatic rings. The number of hydrogen-bond acceptors (Lipinski definition) is 9. The third kappa shape index (κ3) is 13.9. The Hall–Kier alpha value is -3.14. The van der Waals surface area contributed by atoms with Crippen molar-refractivity contribution in [1.82, 2.24) is 5.32 Å². The maximum absolute atomic E-state index is 12.6. The minimum Gasteiger partial charge on any atom is -0.477 e. The first-order chi connectivity index (χ1) is 19.0. The van der Waals surface area contributed by atoms with E-state index in [1.807, 2.05) is 55.4 Å². The van der Waals surface area contributed by atoms with E-state index in [2.05, 4.69) is 5.32 Å². The molecule has 0 heterocycles. The van der Waals surface area contributed by atoms with Crippen LogP contribution in [0.25, 0.3) is 0 Å². The summed E-state index contributed by atoms with van der Waals surface area (Å²) in [6.07, 6.45) is 0.675. The SMILES string of the molecule is CCC(C)N[C@@](Cc1ccc(OC(=O)CCC(C)C)c(OC(=O)CCC(C)C)c1)(OC(=O)OCC(C)(C)C)C(=O)O. The van der Waals surface area contributed by atoms with Crippen molar-refractivity contribution in [3.63, 3.8) is 0 Å². The highest BCUT2D eigenvalue weighted by atomic mass is 16.7. The molecule has 0 radical (unpaired) electrons. The molecule has 2 atom stereocenters. The van der Waals surface area contributed by atoms with E-state index in [-0.39, 0.29) is 54.7 Å². The number of ether oxygens (including phenoxy) is 4. The number of aliphatic carboxylic acids is 1. The molecule has 1 aromatic carbocycles. The zero-order valence-corrected chi connectivity index (χ0v) is 26.1. The monoisotopic (exact) mass is 579 g/mol. The molecule has 0 fully saturated rings. The van der Waals surface area contributed by atoms with Gasteiger partial charge in [0.05, 0.1) is 6.61 Å². The van der Waals surface area contributed by atoms with Gasteiger partial charge in [0.1, 0.15) is 0 Å². The summed E-state index contributed by atoms with van der Waals surface area (Å²) in [4.78, 5) is 50.3. The van der Waals surface area contributed by atoms with E-state index in [1.54, 1.807) is 6.92 Å². The average Bonchev–Trinajstić information content (AvgIpc) is 2.85. The summed E-state index contributed by atoms with van der Waals surface area (Å²) in [7, 11) is 0. The molecule has 0 saturated carbocycles. The van der Waals surface area contributed by atoms with Crippen molar-refractivity contribution in [2.45, 2.75) is 113 Å². The van der Waals surface area contributed by atoms with Crippen LogP contribution in [-0.2, 0) is 30.3 Å². The van der Waals surface area contributed by atoms with Gasteiger partial charge in [-0.1, -0.05) is 61.5 Å². The van der Waals surface area contributed by atoms with E-state index in [0.717, 1.165) is 0 Å². The van der Waals surface area contributed by atoms with Gasteiger partial charge in [-0.25, -0.2) is 9.59 Å². The largest absolute Gasteiger partial charge is 0.510 e. The maximum Gasteiger partial charge on any atom is 0.510 e. The zero-order valence-electron chi connectivity index (χ0n) is 26.1. The van der Waals surface area contributed by atoms with Gasteiger partial charge in [0.2, 0.25) is 0 Å². The molecular formula is C31H49NO9. The highest BCUT2D eigenvalue weighted by molar-refractivity contribution is 5.81. The van der Waals surface area contributed by atoms with Gasteiger partial charge in [-0.3, -0.25) is 14.9 Å². The number of carbonyl (C=O) groups is 4. The number of carbonyl (C=O) groups excluding carboxylic acids is 3. The number of hydrogen-bond donors (Lipinski definition) is 2. The van der Waals surface area contributed by atoms with Crippen molar-refractivity contribution < 1.29 is 43.2 Å². The average molecular weight is 580 g/mol. The highest BCUT2D eigenvalue weighted by Crippen LogP contribution is 2.32. The molecule has 0 aliphatic heterocycles. The first-order valence-corrected chi connectivity index (χ1v) is 14.4.